The van der Waals surface area contributed by atoms with Crippen molar-refractivity contribution in [1.82, 2.24) is 24.1 Å². The summed E-state index contributed by atoms with van der Waals surface area (Å²) in [7, 11) is 0. The quantitative estimate of drug-likeness (QED) is 0.340. The van der Waals surface area contributed by atoms with E-state index < -0.39 is 6.04 Å². The van der Waals surface area contributed by atoms with Crippen LogP contribution < -0.4 is 22.2 Å². The Morgan fingerprint density at radius 2 is 1.74 bits per heavy atom. The molecule has 3 N–H and O–H groups in total. The van der Waals surface area contributed by atoms with Gasteiger partial charge in [0.25, 0.3) is 11.1 Å². The Bertz CT molecular complexity index is 1850. The number of pyridine rings is 1. The van der Waals surface area contributed by atoms with E-state index in [1.807, 2.05) is 63.2 Å². The number of nitrogens with one attached hydrogen (secondary N) is 1. The molecule has 5 aromatic rings. The van der Waals surface area contributed by atoms with Gasteiger partial charge >= 0.3 is 0 Å². The normalized spacial score (nSPS) is 11.9. The Morgan fingerprint density at radius 3 is 2.46 bits per heavy atom. The van der Waals surface area contributed by atoms with Gasteiger partial charge in [0.2, 0.25) is 5.95 Å². The van der Waals surface area contributed by atoms with Crippen LogP contribution in [-0.2, 0) is 0 Å². The van der Waals surface area contributed by atoms with Crippen LogP contribution in [0.2, 0.25) is 0 Å². The Morgan fingerprint density at radius 1 is 0.974 bits per heavy atom. The molecule has 0 fully saturated rings. The second kappa shape index (κ2) is 10.2. The number of fused-ring (bicyclic) bond motifs is 1. The van der Waals surface area contributed by atoms with E-state index in [1.54, 1.807) is 27.5 Å². The standard InChI is InChI=1S/C29H26N8O2/c1-17(2)36-16-19(12-13-24(36)38)22-10-7-11-23-25(22)28(39)37(21-8-5-4-6-9-21)27(34-23)18(3)33-26-20(14-30)15-32-29(31)35-26/h4-13,15-18H,1-3H3,(H3,31,32,33,35)/t18-/m1/s1. The van der Waals surface area contributed by atoms with Gasteiger partial charge < -0.3 is 15.6 Å². The van der Waals surface area contributed by atoms with Crippen molar-refractivity contribution < 1.29 is 0 Å². The van der Waals surface area contributed by atoms with E-state index in [0.717, 1.165) is 5.56 Å². The minimum absolute atomic E-state index is 0.0167. The summed E-state index contributed by atoms with van der Waals surface area (Å²) >= 11 is 0. The number of hydrogen-bond acceptors (Lipinski definition) is 8. The molecule has 0 spiro atoms. The molecule has 10 nitrogen and oxygen atoms in total. The molecule has 0 unspecified atom stereocenters. The van der Waals surface area contributed by atoms with Crippen molar-refractivity contribution in [2.24, 2.45) is 0 Å². The first-order valence-corrected chi connectivity index (χ1v) is 12.4. The molecule has 10 heteroatoms. The molecular formula is C29H26N8O2. The van der Waals surface area contributed by atoms with Crippen LogP contribution in [0.3, 0.4) is 0 Å². The lowest BCUT2D eigenvalue weighted by Crippen LogP contribution is -2.28. The summed E-state index contributed by atoms with van der Waals surface area (Å²) in [5.74, 6) is 0.684. The van der Waals surface area contributed by atoms with Crippen LogP contribution >= 0.6 is 0 Å². The summed E-state index contributed by atoms with van der Waals surface area (Å²) in [4.78, 5) is 39.7. The van der Waals surface area contributed by atoms with Gasteiger partial charge in [0.05, 0.1) is 28.8 Å². The van der Waals surface area contributed by atoms with Crippen LogP contribution in [0.1, 0.15) is 44.2 Å². The molecule has 1 atom stereocenters. The van der Waals surface area contributed by atoms with E-state index in [1.165, 1.54) is 12.3 Å². The lowest BCUT2D eigenvalue weighted by molar-refractivity contribution is 0.579. The molecule has 0 amide bonds. The maximum atomic E-state index is 14.3. The highest BCUT2D eigenvalue weighted by molar-refractivity contribution is 5.94. The predicted octanol–water partition coefficient (Wildman–Crippen LogP) is 4.21. The van der Waals surface area contributed by atoms with Crippen LogP contribution in [0.5, 0.6) is 0 Å². The van der Waals surface area contributed by atoms with E-state index >= 15 is 0 Å². The largest absolute Gasteiger partial charge is 0.368 e. The molecule has 39 heavy (non-hydrogen) atoms. The number of rotatable bonds is 6. The molecular weight excluding hydrogens is 492 g/mol. The summed E-state index contributed by atoms with van der Waals surface area (Å²) in [6.45, 7) is 5.69. The zero-order valence-electron chi connectivity index (χ0n) is 21.7. The van der Waals surface area contributed by atoms with E-state index in [2.05, 4.69) is 21.4 Å². The summed E-state index contributed by atoms with van der Waals surface area (Å²) in [6, 6.07) is 19.4. The number of nitrogens with zero attached hydrogens (tertiary/aromatic N) is 6. The maximum absolute atomic E-state index is 14.3. The van der Waals surface area contributed by atoms with Crippen molar-refractivity contribution in [2.45, 2.75) is 32.9 Å². The third kappa shape index (κ3) is 4.73. The van der Waals surface area contributed by atoms with Crippen LogP contribution in [0.4, 0.5) is 11.8 Å². The molecule has 0 aliphatic rings. The van der Waals surface area contributed by atoms with Crippen molar-refractivity contribution in [3.8, 4) is 22.9 Å². The van der Waals surface area contributed by atoms with Gasteiger partial charge in [-0.2, -0.15) is 10.2 Å². The average molecular weight is 519 g/mol. The van der Waals surface area contributed by atoms with Crippen molar-refractivity contribution in [2.75, 3.05) is 11.1 Å². The van der Waals surface area contributed by atoms with Gasteiger partial charge in [-0.25, -0.2) is 9.97 Å². The second-order valence-electron chi connectivity index (χ2n) is 9.37. The number of anilines is 2. The fourth-order valence-electron chi connectivity index (χ4n) is 4.53. The maximum Gasteiger partial charge on any atom is 0.266 e. The van der Waals surface area contributed by atoms with Gasteiger partial charge in [0.1, 0.15) is 23.3 Å². The Hall–Kier alpha value is -5.30. The number of aromatic nitrogens is 5. The smallest absolute Gasteiger partial charge is 0.266 e. The zero-order valence-corrected chi connectivity index (χ0v) is 21.7. The fraction of sp³-hybridized carbons (Fsp3) is 0.172. The second-order valence-corrected chi connectivity index (χ2v) is 9.37. The molecule has 0 aliphatic heterocycles. The summed E-state index contributed by atoms with van der Waals surface area (Å²) in [5, 5.41) is 13.1. The summed E-state index contributed by atoms with van der Waals surface area (Å²) in [5.41, 5.74) is 8.14. The highest BCUT2D eigenvalue weighted by Gasteiger charge is 2.22. The average Bonchev–Trinajstić information content (AvgIpc) is 2.93. The van der Waals surface area contributed by atoms with E-state index in [4.69, 9.17) is 10.7 Å². The number of hydrogen-bond donors (Lipinski definition) is 2. The number of para-hydroxylation sites is 1. The third-order valence-corrected chi connectivity index (χ3v) is 6.41. The van der Waals surface area contributed by atoms with Crippen LogP contribution in [-0.4, -0.2) is 24.1 Å². The molecule has 0 saturated heterocycles. The van der Waals surface area contributed by atoms with Crippen molar-refractivity contribution >= 4 is 22.7 Å². The number of benzene rings is 2. The third-order valence-electron chi connectivity index (χ3n) is 6.41. The zero-order chi connectivity index (χ0) is 27.7. The lowest BCUT2D eigenvalue weighted by Gasteiger charge is -2.21. The molecule has 0 aliphatic carbocycles. The minimum atomic E-state index is -0.546. The molecule has 0 saturated carbocycles. The number of nitriles is 1. The van der Waals surface area contributed by atoms with Crippen LogP contribution in [0.15, 0.2) is 82.6 Å². The van der Waals surface area contributed by atoms with Gasteiger partial charge in [-0.15, -0.1) is 0 Å². The fourth-order valence-corrected chi connectivity index (χ4v) is 4.53. The summed E-state index contributed by atoms with van der Waals surface area (Å²) < 4.78 is 3.19. The van der Waals surface area contributed by atoms with Crippen LogP contribution in [0.25, 0.3) is 27.7 Å². The van der Waals surface area contributed by atoms with E-state index in [0.29, 0.717) is 28.0 Å². The first-order valence-electron chi connectivity index (χ1n) is 12.4. The van der Waals surface area contributed by atoms with Crippen molar-refractivity contribution in [3.05, 3.63) is 105 Å². The number of nitrogens with two attached hydrogens (primary N) is 1. The predicted molar refractivity (Wildman–Crippen MR) is 151 cm³/mol. The van der Waals surface area contributed by atoms with Gasteiger partial charge in [-0.05, 0) is 56.2 Å². The highest BCUT2D eigenvalue weighted by atomic mass is 16.1. The Kier molecular flexibility index (Phi) is 6.64. The van der Waals surface area contributed by atoms with E-state index in [-0.39, 0.29) is 34.5 Å². The number of nitrogen functional groups attached to an aromatic ring is 1. The molecule has 0 bridgehead atoms. The Balaban J connectivity index is 1.75. The molecule has 3 heterocycles. The van der Waals surface area contributed by atoms with Crippen molar-refractivity contribution in [3.63, 3.8) is 0 Å². The van der Waals surface area contributed by atoms with Gasteiger partial charge in [0, 0.05) is 18.3 Å². The first kappa shape index (κ1) is 25.4. The Labute approximate surface area is 224 Å². The molecule has 194 valence electrons. The van der Waals surface area contributed by atoms with Gasteiger partial charge in [-0.1, -0.05) is 30.3 Å². The SMILES string of the molecule is CC(C)n1cc(-c2cccc3nc([C@@H](C)Nc4nc(N)ncc4C#N)n(-c4ccccc4)c(=O)c23)ccc1=O. The molecule has 5 rings (SSSR count). The van der Waals surface area contributed by atoms with Crippen molar-refractivity contribution in [1.29, 1.82) is 5.26 Å². The van der Waals surface area contributed by atoms with Gasteiger partial charge in [-0.3, -0.25) is 14.2 Å². The van der Waals surface area contributed by atoms with Gasteiger partial charge in [0.15, 0.2) is 0 Å². The summed E-state index contributed by atoms with van der Waals surface area (Å²) in [6.07, 6.45) is 3.12. The topological polar surface area (TPSA) is 145 Å². The van der Waals surface area contributed by atoms with Crippen LogP contribution in [0, 0.1) is 11.3 Å². The lowest BCUT2D eigenvalue weighted by atomic mass is 10.0. The molecule has 2 aromatic carbocycles. The molecule has 0 radical (unpaired) electrons. The van der Waals surface area contributed by atoms with E-state index in [9.17, 15) is 14.9 Å². The minimum Gasteiger partial charge on any atom is -0.368 e. The highest BCUT2D eigenvalue weighted by Crippen LogP contribution is 2.28. The monoisotopic (exact) mass is 518 g/mol. The first-order chi connectivity index (χ1) is 18.8. The molecule has 3 aromatic heterocycles.